The molecule has 0 saturated carbocycles. The van der Waals surface area contributed by atoms with Crippen molar-refractivity contribution in [3.8, 4) is 0 Å². The van der Waals surface area contributed by atoms with Crippen LogP contribution in [0.2, 0.25) is 0 Å². The van der Waals surface area contributed by atoms with Gasteiger partial charge in [0.25, 0.3) is 0 Å². The maximum atomic E-state index is 12.2. The van der Waals surface area contributed by atoms with E-state index in [9.17, 15) is 4.79 Å². The predicted molar refractivity (Wildman–Crippen MR) is 71.4 cm³/mol. The van der Waals surface area contributed by atoms with E-state index in [0.717, 1.165) is 51.9 Å². The van der Waals surface area contributed by atoms with E-state index in [1.807, 2.05) is 0 Å². The number of hydrogen-bond acceptors (Lipinski definition) is 3. The molecule has 2 fully saturated rings. The Morgan fingerprint density at radius 1 is 1.44 bits per heavy atom. The fourth-order valence-corrected chi connectivity index (χ4v) is 2.85. The zero-order chi connectivity index (χ0) is 12.8. The summed E-state index contributed by atoms with van der Waals surface area (Å²) in [7, 11) is 0. The smallest absolute Gasteiger partial charge is 0.227 e. The van der Waals surface area contributed by atoms with Crippen LogP contribution < -0.4 is 10.6 Å². The highest BCUT2D eigenvalue weighted by atomic mass is 16.5. The minimum atomic E-state index is -0.217. The van der Waals surface area contributed by atoms with Crippen LogP contribution in [0.25, 0.3) is 0 Å². The van der Waals surface area contributed by atoms with Gasteiger partial charge in [0.15, 0.2) is 0 Å². The summed E-state index contributed by atoms with van der Waals surface area (Å²) in [6, 6.07) is 0. The maximum Gasteiger partial charge on any atom is 0.227 e. The van der Waals surface area contributed by atoms with Gasteiger partial charge >= 0.3 is 0 Å². The molecule has 2 unspecified atom stereocenters. The van der Waals surface area contributed by atoms with E-state index in [-0.39, 0.29) is 11.3 Å². The van der Waals surface area contributed by atoms with Gasteiger partial charge < -0.3 is 15.4 Å². The summed E-state index contributed by atoms with van der Waals surface area (Å²) in [6.45, 7) is 5.54. The largest absolute Gasteiger partial charge is 0.378 e. The Hall–Kier alpha value is -0.610. The third-order valence-electron chi connectivity index (χ3n) is 4.17. The van der Waals surface area contributed by atoms with E-state index in [4.69, 9.17) is 4.74 Å². The molecule has 0 bridgehead atoms. The van der Waals surface area contributed by atoms with Gasteiger partial charge in [-0.2, -0.15) is 0 Å². The van der Waals surface area contributed by atoms with E-state index in [1.54, 1.807) is 0 Å². The molecule has 2 rings (SSSR count). The second kappa shape index (κ2) is 6.53. The van der Waals surface area contributed by atoms with Crippen LogP contribution in [-0.2, 0) is 9.53 Å². The lowest BCUT2D eigenvalue weighted by atomic mass is 9.82. The van der Waals surface area contributed by atoms with Gasteiger partial charge in [0, 0.05) is 19.7 Å². The Morgan fingerprint density at radius 3 is 3.00 bits per heavy atom. The topological polar surface area (TPSA) is 50.4 Å². The Bertz CT molecular complexity index is 269. The molecule has 2 aliphatic rings. The average Bonchev–Trinajstić information content (AvgIpc) is 2.41. The van der Waals surface area contributed by atoms with E-state index < -0.39 is 0 Å². The van der Waals surface area contributed by atoms with Gasteiger partial charge in [-0.25, -0.2) is 0 Å². The van der Waals surface area contributed by atoms with Crippen molar-refractivity contribution >= 4 is 5.91 Å². The van der Waals surface area contributed by atoms with Crippen molar-refractivity contribution in [2.75, 3.05) is 26.2 Å². The molecule has 2 saturated heterocycles. The first-order valence-corrected chi connectivity index (χ1v) is 7.31. The fourth-order valence-electron chi connectivity index (χ4n) is 2.85. The summed E-state index contributed by atoms with van der Waals surface area (Å²) in [5, 5.41) is 6.39. The summed E-state index contributed by atoms with van der Waals surface area (Å²) in [5.41, 5.74) is -0.217. The molecule has 0 spiro atoms. The highest BCUT2D eigenvalue weighted by Crippen LogP contribution is 2.25. The molecule has 2 heterocycles. The van der Waals surface area contributed by atoms with Crippen molar-refractivity contribution < 1.29 is 9.53 Å². The summed E-state index contributed by atoms with van der Waals surface area (Å²) in [6.07, 6.45) is 6.99. The van der Waals surface area contributed by atoms with Crippen molar-refractivity contribution in [2.45, 2.75) is 51.6 Å². The molecule has 1 amide bonds. The van der Waals surface area contributed by atoms with Gasteiger partial charge in [-0.15, -0.1) is 0 Å². The Balaban J connectivity index is 1.67. The van der Waals surface area contributed by atoms with E-state index >= 15 is 0 Å². The normalized spacial score (nSPS) is 33.1. The molecule has 0 aromatic heterocycles. The first kappa shape index (κ1) is 13.8. The molecule has 2 N–H and O–H groups in total. The van der Waals surface area contributed by atoms with Crippen molar-refractivity contribution in [2.24, 2.45) is 5.41 Å². The van der Waals surface area contributed by atoms with Gasteiger partial charge in [-0.1, -0.05) is 0 Å². The second-order valence-electron chi connectivity index (χ2n) is 5.87. The number of carbonyl (C=O) groups excluding carboxylic acids is 1. The van der Waals surface area contributed by atoms with Gasteiger partial charge in [-0.3, -0.25) is 4.79 Å². The number of nitrogens with one attached hydrogen (secondary N) is 2. The van der Waals surface area contributed by atoms with Crippen molar-refractivity contribution in [3.05, 3.63) is 0 Å². The van der Waals surface area contributed by atoms with Crippen LogP contribution in [0.1, 0.15) is 45.4 Å². The van der Waals surface area contributed by atoms with Crippen molar-refractivity contribution in [1.82, 2.24) is 10.6 Å². The van der Waals surface area contributed by atoms with E-state index in [1.165, 1.54) is 12.8 Å². The van der Waals surface area contributed by atoms with Crippen LogP contribution >= 0.6 is 0 Å². The van der Waals surface area contributed by atoms with Crippen LogP contribution in [0, 0.1) is 5.41 Å². The van der Waals surface area contributed by atoms with Crippen LogP contribution in [-0.4, -0.2) is 38.3 Å². The Morgan fingerprint density at radius 2 is 2.33 bits per heavy atom. The fraction of sp³-hybridized carbons (Fsp3) is 0.929. The zero-order valence-corrected chi connectivity index (χ0v) is 11.5. The molecule has 2 aliphatic heterocycles. The molecule has 2 atom stereocenters. The Kier molecular flexibility index (Phi) is 5.01. The molecule has 18 heavy (non-hydrogen) atoms. The molecule has 0 aliphatic carbocycles. The number of ether oxygens (including phenoxy) is 1. The Labute approximate surface area is 110 Å². The quantitative estimate of drug-likeness (QED) is 0.798. The maximum absolute atomic E-state index is 12.2. The molecule has 0 aromatic rings. The zero-order valence-electron chi connectivity index (χ0n) is 11.5. The van der Waals surface area contributed by atoms with Gasteiger partial charge in [0.05, 0.1) is 11.5 Å². The summed E-state index contributed by atoms with van der Waals surface area (Å²) in [4.78, 5) is 12.2. The lowest BCUT2D eigenvalue weighted by molar-refractivity contribution is -0.131. The third kappa shape index (κ3) is 3.69. The lowest BCUT2D eigenvalue weighted by Crippen LogP contribution is -2.49. The van der Waals surface area contributed by atoms with Gasteiger partial charge in [-0.05, 0) is 52.0 Å². The summed E-state index contributed by atoms with van der Waals surface area (Å²) in [5.74, 6) is 0.200. The van der Waals surface area contributed by atoms with Crippen molar-refractivity contribution in [3.63, 3.8) is 0 Å². The highest BCUT2D eigenvalue weighted by molar-refractivity contribution is 5.82. The minimum absolute atomic E-state index is 0.200. The van der Waals surface area contributed by atoms with E-state index in [2.05, 4.69) is 17.6 Å². The molecular weight excluding hydrogens is 228 g/mol. The number of amides is 1. The monoisotopic (exact) mass is 254 g/mol. The molecule has 0 radical (unpaired) electrons. The first-order valence-electron chi connectivity index (χ1n) is 7.31. The number of piperidine rings is 1. The standard InChI is InChI=1S/C14H26N2O2/c1-14(7-4-8-15-11-14)13(17)16-9-6-12-5-2-3-10-18-12/h12,15H,2-11H2,1H3,(H,16,17). The molecule has 104 valence electrons. The van der Waals surface area contributed by atoms with Crippen LogP contribution in [0.4, 0.5) is 0 Å². The van der Waals surface area contributed by atoms with Gasteiger partial charge in [0.1, 0.15) is 0 Å². The molecule has 0 aromatic carbocycles. The molecule has 4 nitrogen and oxygen atoms in total. The second-order valence-corrected chi connectivity index (χ2v) is 5.87. The van der Waals surface area contributed by atoms with Crippen LogP contribution in [0.3, 0.4) is 0 Å². The summed E-state index contributed by atoms with van der Waals surface area (Å²) >= 11 is 0. The summed E-state index contributed by atoms with van der Waals surface area (Å²) < 4.78 is 5.67. The third-order valence-corrected chi connectivity index (χ3v) is 4.17. The van der Waals surface area contributed by atoms with Crippen LogP contribution in [0.15, 0.2) is 0 Å². The molecule has 4 heteroatoms. The highest BCUT2D eigenvalue weighted by Gasteiger charge is 2.34. The predicted octanol–water partition coefficient (Wildman–Crippen LogP) is 1.45. The minimum Gasteiger partial charge on any atom is -0.378 e. The number of carbonyl (C=O) groups is 1. The van der Waals surface area contributed by atoms with E-state index in [0.29, 0.717) is 6.10 Å². The van der Waals surface area contributed by atoms with Crippen LogP contribution in [0.5, 0.6) is 0 Å². The average molecular weight is 254 g/mol. The number of hydrogen-bond donors (Lipinski definition) is 2. The number of rotatable bonds is 4. The van der Waals surface area contributed by atoms with Gasteiger partial charge in [0.2, 0.25) is 5.91 Å². The lowest BCUT2D eigenvalue weighted by Gasteiger charge is -2.33. The SMILES string of the molecule is CC1(C(=O)NCCC2CCCCO2)CCCNC1. The first-order chi connectivity index (χ1) is 8.71. The molecular formula is C14H26N2O2. The van der Waals surface area contributed by atoms with Crippen molar-refractivity contribution in [1.29, 1.82) is 0 Å².